The third kappa shape index (κ3) is 6.47. The molecule has 1 aromatic rings. The molecule has 0 spiro atoms. The number of rotatable bonds is 5. The number of phenolic OH excluding ortho intramolecular Hbond substituents is 1. The summed E-state index contributed by atoms with van der Waals surface area (Å²) in [6.07, 6.45) is 0.446. The van der Waals surface area contributed by atoms with Gasteiger partial charge in [0.25, 0.3) is 0 Å². The van der Waals surface area contributed by atoms with Crippen LogP contribution in [0, 0.1) is 0 Å². The summed E-state index contributed by atoms with van der Waals surface area (Å²) in [7, 11) is 0. The molecule has 2 amide bonds. The second kappa shape index (κ2) is 7.68. The SMILES string of the molecule is CC[C@H](NC(=O)NCc1ccc(O)cc1)C(=O)OC(C)(C)C. The van der Waals surface area contributed by atoms with Crippen LogP contribution >= 0.6 is 0 Å². The zero-order valence-corrected chi connectivity index (χ0v) is 13.5. The maximum Gasteiger partial charge on any atom is 0.329 e. The Morgan fingerprint density at radius 3 is 2.32 bits per heavy atom. The van der Waals surface area contributed by atoms with E-state index >= 15 is 0 Å². The van der Waals surface area contributed by atoms with Crippen LogP contribution in [0.25, 0.3) is 0 Å². The fraction of sp³-hybridized carbons (Fsp3) is 0.500. The molecule has 0 radical (unpaired) electrons. The lowest BCUT2D eigenvalue weighted by Crippen LogP contribution is -2.47. The van der Waals surface area contributed by atoms with Crippen molar-refractivity contribution in [2.75, 3.05) is 0 Å². The number of hydrogen-bond donors (Lipinski definition) is 3. The van der Waals surface area contributed by atoms with Crippen molar-refractivity contribution in [3.8, 4) is 5.75 Å². The van der Waals surface area contributed by atoms with Gasteiger partial charge in [0.2, 0.25) is 0 Å². The van der Waals surface area contributed by atoms with Crippen molar-refractivity contribution in [2.45, 2.75) is 52.3 Å². The van der Waals surface area contributed by atoms with Gasteiger partial charge in [0.15, 0.2) is 0 Å². The summed E-state index contributed by atoms with van der Waals surface area (Å²) in [5.74, 6) is -0.279. The number of aromatic hydroxyl groups is 1. The summed E-state index contributed by atoms with van der Waals surface area (Å²) < 4.78 is 5.26. The zero-order chi connectivity index (χ0) is 16.8. The largest absolute Gasteiger partial charge is 0.508 e. The van der Waals surface area contributed by atoms with Crippen molar-refractivity contribution in [3.05, 3.63) is 29.8 Å². The van der Waals surface area contributed by atoms with Crippen LogP contribution in [0.1, 0.15) is 39.7 Å². The number of benzene rings is 1. The van der Waals surface area contributed by atoms with Crippen molar-refractivity contribution in [1.29, 1.82) is 0 Å². The van der Waals surface area contributed by atoms with Gasteiger partial charge in [0.1, 0.15) is 17.4 Å². The molecule has 122 valence electrons. The van der Waals surface area contributed by atoms with Crippen molar-refractivity contribution in [3.63, 3.8) is 0 Å². The average Bonchev–Trinajstić information content (AvgIpc) is 2.42. The van der Waals surface area contributed by atoms with E-state index < -0.39 is 23.6 Å². The number of ether oxygens (including phenoxy) is 1. The lowest BCUT2D eigenvalue weighted by molar-refractivity contribution is -0.157. The summed E-state index contributed by atoms with van der Waals surface area (Å²) in [5, 5.41) is 14.4. The molecule has 0 bridgehead atoms. The molecule has 0 aliphatic rings. The number of esters is 1. The Labute approximate surface area is 130 Å². The first-order valence-electron chi connectivity index (χ1n) is 7.26. The summed E-state index contributed by atoms with van der Waals surface area (Å²) in [4.78, 5) is 23.8. The molecule has 1 rings (SSSR count). The van der Waals surface area contributed by atoms with Gasteiger partial charge in [-0.3, -0.25) is 0 Å². The van der Waals surface area contributed by atoms with Crippen LogP contribution in [-0.4, -0.2) is 28.7 Å². The highest BCUT2D eigenvalue weighted by Crippen LogP contribution is 2.10. The average molecular weight is 308 g/mol. The molecule has 0 aliphatic heterocycles. The van der Waals surface area contributed by atoms with E-state index in [1.807, 2.05) is 0 Å². The summed E-state index contributed by atoms with van der Waals surface area (Å²) in [6, 6.07) is 5.39. The molecule has 0 unspecified atom stereocenters. The Bertz CT molecular complexity index is 506. The molecule has 0 saturated carbocycles. The van der Waals surface area contributed by atoms with Crippen LogP contribution in [0.4, 0.5) is 4.79 Å². The van der Waals surface area contributed by atoms with E-state index in [0.717, 1.165) is 5.56 Å². The van der Waals surface area contributed by atoms with Crippen LogP contribution < -0.4 is 10.6 Å². The summed E-state index contributed by atoms with van der Waals surface area (Å²) >= 11 is 0. The molecule has 1 atom stereocenters. The standard InChI is InChI=1S/C16H24N2O4/c1-5-13(14(20)22-16(2,3)4)18-15(21)17-10-11-6-8-12(19)9-7-11/h6-9,13,19H,5,10H2,1-4H3,(H2,17,18,21)/t13-/m0/s1. The molecule has 0 heterocycles. The zero-order valence-electron chi connectivity index (χ0n) is 13.5. The monoisotopic (exact) mass is 308 g/mol. The minimum atomic E-state index is -0.681. The smallest absolute Gasteiger partial charge is 0.329 e. The van der Waals surface area contributed by atoms with Gasteiger partial charge in [-0.1, -0.05) is 19.1 Å². The van der Waals surface area contributed by atoms with Gasteiger partial charge in [-0.25, -0.2) is 9.59 Å². The first kappa shape index (κ1) is 17.8. The van der Waals surface area contributed by atoms with E-state index in [1.165, 1.54) is 0 Å². The fourth-order valence-corrected chi connectivity index (χ4v) is 1.71. The molecular weight excluding hydrogens is 284 g/mol. The predicted molar refractivity (Wildman–Crippen MR) is 83.4 cm³/mol. The molecule has 6 heteroatoms. The maximum atomic E-state index is 11.9. The van der Waals surface area contributed by atoms with Crippen molar-refractivity contribution in [1.82, 2.24) is 10.6 Å². The van der Waals surface area contributed by atoms with Crippen LogP contribution in [0.2, 0.25) is 0 Å². The van der Waals surface area contributed by atoms with E-state index in [9.17, 15) is 14.7 Å². The van der Waals surface area contributed by atoms with Crippen LogP contribution in [-0.2, 0) is 16.1 Å². The van der Waals surface area contributed by atoms with Gasteiger partial charge in [0, 0.05) is 6.54 Å². The minimum absolute atomic E-state index is 0.171. The van der Waals surface area contributed by atoms with Gasteiger partial charge in [-0.2, -0.15) is 0 Å². The maximum absolute atomic E-state index is 11.9. The van der Waals surface area contributed by atoms with Crippen LogP contribution in [0.5, 0.6) is 5.75 Å². The number of hydrogen-bond acceptors (Lipinski definition) is 4. The van der Waals surface area contributed by atoms with E-state index in [-0.39, 0.29) is 5.75 Å². The molecule has 1 aromatic carbocycles. The Balaban J connectivity index is 2.47. The molecule has 0 saturated heterocycles. The highest BCUT2D eigenvalue weighted by molar-refractivity contribution is 5.83. The van der Waals surface area contributed by atoms with E-state index in [2.05, 4.69) is 10.6 Å². The van der Waals surface area contributed by atoms with Gasteiger partial charge in [-0.05, 0) is 44.9 Å². The van der Waals surface area contributed by atoms with Crippen molar-refractivity contribution in [2.24, 2.45) is 0 Å². The number of amides is 2. The molecule has 0 aliphatic carbocycles. The molecule has 6 nitrogen and oxygen atoms in total. The topological polar surface area (TPSA) is 87.7 Å². The Morgan fingerprint density at radius 2 is 1.82 bits per heavy atom. The predicted octanol–water partition coefficient (Wildman–Crippen LogP) is 2.31. The van der Waals surface area contributed by atoms with Gasteiger partial charge in [0.05, 0.1) is 0 Å². The van der Waals surface area contributed by atoms with Gasteiger partial charge >= 0.3 is 12.0 Å². The van der Waals surface area contributed by atoms with Gasteiger partial charge in [-0.15, -0.1) is 0 Å². The fourth-order valence-electron chi connectivity index (χ4n) is 1.71. The van der Waals surface area contributed by atoms with E-state index in [4.69, 9.17) is 4.74 Å². The Morgan fingerprint density at radius 1 is 1.23 bits per heavy atom. The first-order chi connectivity index (χ1) is 10.2. The summed E-state index contributed by atoms with van der Waals surface area (Å²) in [5.41, 5.74) is 0.257. The normalized spacial score (nSPS) is 12.4. The number of carbonyl (C=O) groups excluding carboxylic acids is 2. The highest BCUT2D eigenvalue weighted by atomic mass is 16.6. The van der Waals surface area contributed by atoms with Gasteiger partial charge < -0.3 is 20.5 Å². The molecule has 3 N–H and O–H groups in total. The number of carbonyl (C=O) groups is 2. The third-order valence-electron chi connectivity index (χ3n) is 2.79. The quantitative estimate of drug-likeness (QED) is 0.728. The first-order valence-corrected chi connectivity index (χ1v) is 7.26. The lowest BCUT2D eigenvalue weighted by atomic mass is 10.1. The summed E-state index contributed by atoms with van der Waals surface area (Å²) in [6.45, 7) is 7.44. The highest BCUT2D eigenvalue weighted by Gasteiger charge is 2.25. The van der Waals surface area contributed by atoms with Crippen molar-refractivity contribution < 1.29 is 19.4 Å². The Kier molecular flexibility index (Phi) is 6.22. The Hall–Kier alpha value is -2.24. The molecule has 0 aromatic heterocycles. The minimum Gasteiger partial charge on any atom is -0.508 e. The molecule has 0 fully saturated rings. The second-order valence-electron chi connectivity index (χ2n) is 5.99. The lowest BCUT2D eigenvalue weighted by Gasteiger charge is -2.24. The third-order valence-corrected chi connectivity index (χ3v) is 2.79. The van der Waals surface area contributed by atoms with E-state index in [0.29, 0.717) is 13.0 Å². The van der Waals surface area contributed by atoms with Crippen molar-refractivity contribution >= 4 is 12.0 Å². The van der Waals surface area contributed by atoms with Crippen LogP contribution in [0.3, 0.4) is 0 Å². The van der Waals surface area contributed by atoms with Crippen LogP contribution in [0.15, 0.2) is 24.3 Å². The molecule has 22 heavy (non-hydrogen) atoms. The number of urea groups is 1. The number of nitrogens with one attached hydrogen (secondary N) is 2. The van der Waals surface area contributed by atoms with E-state index in [1.54, 1.807) is 52.0 Å². The second-order valence-corrected chi connectivity index (χ2v) is 5.99. The number of phenols is 1. The molecular formula is C16H24N2O4.